The predicted molar refractivity (Wildman–Crippen MR) is 138 cm³/mol. The molecule has 2 unspecified atom stereocenters. The molecule has 9 heteroatoms. The SMILES string of the molecule is CC(C)C(NC(=O)c1cccc(/C(N=N)=N/N)c1)C(=O)N1CCC(c2ccc(Cl)cc2)C(C)(C)C1. The van der Waals surface area contributed by atoms with E-state index in [-0.39, 0.29) is 29.0 Å². The summed E-state index contributed by atoms with van der Waals surface area (Å²) in [4.78, 5) is 28.5. The zero-order valence-corrected chi connectivity index (χ0v) is 21.3. The van der Waals surface area contributed by atoms with E-state index < -0.39 is 6.04 Å². The normalized spacial score (nSPS) is 18.7. The summed E-state index contributed by atoms with van der Waals surface area (Å²) in [5.74, 6) is 5.03. The van der Waals surface area contributed by atoms with Crippen LogP contribution in [-0.4, -0.2) is 41.7 Å². The lowest BCUT2D eigenvalue weighted by molar-refractivity contribution is -0.137. The van der Waals surface area contributed by atoms with Crippen molar-refractivity contribution in [1.29, 1.82) is 5.53 Å². The number of likely N-dealkylation sites (tertiary alicyclic amines) is 1. The molecule has 3 rings (SSSR count). The van der Waals surface area contributed by atoms with Crippen molar-refractivity contribution in [2.24, 2.45) is 27.4 Å². The third-order valence-electron chi connectivity index (χ3n) is 6.64. The Labute approximate surface area is 211 Å². The minimum absolute atomic E-state index is 0.0157. The molecule has 1 fully saturated rings. The number of halogens is 1. The molecule has 0 aromatic heterocycles. The third kappa shape index (κ3) is 6.06. The van der Waals surface area contributed by atoms with Crippen LogP contribution < -0.4 is 11.2 Å². The fourth-order valence-electron chi connectivity index (χ4n) is 4.76. The molecule has 2 aromatic carbocycles. The van der Waals surface area contributed by atoms with E-state index in [4.69, 9.17) is 23.0 Å². The van der Waals surface area contributed by atoms with E-state index in [0.717, 1.165) is 6.42 Å². The highest BCUT2D eigenvalue weighted by Crippen LogP contribution is 2.42. The molecule has 0 radical (unpaired) electrons. The maximum atomic E-state index is 13.6. The number of nitrogens with two attached hydrogens (primary N) is 1. The van der Waals surface area contributed by atoms with Crippen molar-refractivity contribution in [3.8, 4) is 0 Å². The molecule has 35 heavy (non-hydrogen) atoms. The number of piperidine rings is 1. The van der Waals surface area contributed by atoms with Crippen LogP contribution in [0.15, 0.2) is 58.7 Å². The standard InChI is InChI=1S/C26H33ClN6O2/c1-16(2)22(30-24(34)19-7-5-6-18(14-19)23(31-28)32-29)25(35)33-13-12-21(26(3,4)15-33)17-8-10-20(27)11-9-17/h5-11,14,16,21-22,28H,12-13,15,29H2,1-4H3,(H,30,34)/b31-28?,32-23-. The van der Waals surface area contributed by atoms with Gasteiger partial charge < -0.3 is 16.1 Å². The summed E-state index contributed by atoms with van der Waals surface area (Å²) in [7, 11) is 0. The lowest BCUT2D eigenvalue weighted by atomic mass is 9.70. The van der Waals surface area contributed by atoms with Crippen LogP contribution in [0.25, 0.3) is 0 Å². The zero-order chi connectivity index (χ0) is 25.8. The number of benzene rings is 2. The lowest BCUT2D eigenvalue weighted by Gasteiger charge is -2.45. The van der Waals surface area contributed by atoms with Gasteiger partial charge in [0.1, 0.15) is 6.04 Å². The van der Waals surface area contributed by atoms with Crippen LogP contribution >= 0.6 is 11.6 Å². The van der Waals surface area contributed by atoms with Crippen LogP contribution in [-0.2, 0) is 4.79 Å². The monoisotopic (exact) mass is 496 g/mol. The largest absolute Gasteiger partial charge is 0.340 e. The molecule has 2 atom stereocenters. The molecule has 1 aliphatic rings. The minimum atomic E-state index is -0.669. The molecule has 2 aromatic rings. The predicted octanol–water partition coefficient (Wildman–Crippen LogP) is 4.79. The molecular weight excluding hydrogens is 464 g/mol. The van der Waals surface area contributed by atoms with Gasteiger partial charge in [-0.05, 0) is 53.5 Å². The number of hydrogen-bond acceptors (Lipinski definition) is 5. The molecule has 186 valence electrons. The van der Waals surface area contributed by atoms with Crippen molar-refractivity contribution in [1.82, 2.24) is 10.2 Å². The highest BCUT2D eigenvalue weighted by atomic mass is 35.5. The van der Waals surface area contributed by atoms with Crippen molar-refractivity contribution in [2.45, 2.75) is 46.1 Å². The van der Waals surface area contributed by atoms with Gasteiger partial charge in [-0.25, -0.2) is 5.53 Å². The van der Waals surface area contributed by atoms with E-state index in [1.165, 1.54) is 5.56 Å². The van der Waals surface area contributed by atoms with E-state index in [9.17, 15) is 9.59 Å². The first-order valence-electron chi connectivity index (χ1n) is 11.7. The second-order valence-corrected chi connectivity index (χ2v) is 10.4. The smallest absolute Gasteiger partial charge is 0.251 e. The molecule has 1 heterocycles. The van der Waals surface area contributed by atoms with Gasteiger partial charge >= 0.3 is 0 Å². The molecule has 4 N–H and O–H groups in total. The van der Waals surface area contributed by atoms with Gasteiger partial charge in [-0.3, -0.25) is 9.59 Å². The average molecular weight is 497 g/mol. The van der Waals surface area contributed by atoms with Crippen LogP contribution in [0.4, 0.5) is 0 Å². The summed E-state index contributed by atoms with van der Waals surface area (Å²) in [6.07, 6.45) is 0.832. The van der Waals surface area contributed by atoms with Gasteiger partial charge in [0.05, 0.1) is 0 Å². The number of amidine groups is 1. The Balaban J connectivity index is 1.74. The van der Waals surface area contributed by atoms with E-state index in [1.54, 1.807) is 24.3 Å². The number of carbonyl (C=O) groups is 2. The molecule has 1 aliphatic heterocycles. The van der Waals surface area contributed by atoms with Crippen molar-refractivity contribution in [3.05, 3.63) is 70.2 Å². The van der Waals surface area contributed by atoms with Gasteiger partial charge in [-0.2, -0.15) is 5.10 Å². The summed E-state index contributed by atoms with van der Waals surface area (Å²) < 4.78 is 0. The topological polar surface area (TPSA) is 124 Å². The number of rotatable bonds is 6. The summed E-state index contributed by atoms with van der Waals surface area (Å²) in [5.41, 5.74) is 9.06. The Kier molecular flexibility index (Phi) is 8.27. The zero-order valence-electron chi connectivity index (χ0n) is 20.6. The summed E-state index contributed by atoms with van der Waals surface area (Å²) in [5, 5.41) is 10.4. The number of hydrazone groups is 1. The Hall–Kier alpha value is -3.26. The first-order valence-corrected chi connectivity index (χ1v) is 12.1. The van der Waals surface area contributed by atoms with Crippen LogP contribution in [0, 0.1) is 16.9 Å². The second kappa shape index (κ2) is 11.0. The summed E-state index contributed by atoms with van der Waals surface area (Å²) in [6, 6.07) is 13.8. The van der Waals surface area contributed by atoms with Gasteiger partial charge in [0, 0.05) is 29.2 Å². The number of amides is 2. The second-order valence-electron chi connectivity index (χ2n) is 9.98. The Bertz CT molecular complexity index is 1110. The Morgan fingerprint density at radius 2 is 1.83 bits per heavy atom. The summed E-state index contributed by atoms with van der Waals surface area (Å²) >= 11 is 6.06. The molecular formula is C26H33ClN6O2. The lowest BCUT2D eigenvalue weighted by Crippen LogP contribution is -2.55. The molecule has 2 amide bonds. The van der Waals surface area contributed by atoms with Crippen LogP contribution in [0.5, 0.6) is 0 Å². The van der Waals surface area contributed by atoms with Gasteiger partial charge in [-0.15, -0.1) is 5.11 Å². The molecule has 0 spiro atoms. The Morgan fingerprint density at radius 1 is 1.17 bits per heavy atom. The molecule has 0 saturated carbocycles. The number of hydrogen-bond donors (Lipinski definition) is 3. The van der Waals surface area contributed by atoms with Crippen molar-refractivity contribution >= 4 is 29.3 Å². The van der Waals surface area contributed by atoms with Crippen LogP contribution in [0.2, 0.25) is 5.02 Å². The first-order chi connectivity index (χ1) is 16.6. The maximum absolute atomic E-state index is 13.6. The number of nitrogens with zero attached hydrogens (tertiary/aromatic N) is 3. The van der Waals surface area contributed by atoms with Gasteiger partial charge in [0.25, 0.3) is 5.91 Å². The average Bonchev–Trinajstić information content (AvgIpc) is 2.83. The molecule has 8 nitrogen and oxygen atoms in total. The minimum Gasteiger partial charge on any atom is -0.340 e. The van der Waals surface area contributed by atoms with E-state index >= 15 is 0 Å². The Morgan fingerprint density at radius 3 is 2.40 bits per heavy atom. The fraction of sp³-hybridized carbons (Fsp3) is 0.423. The first kappa shape index (κ1) is 26.3. The number of carbonyl (C=O) groups excluding carboxylic acids is 2. The van der Waals surface area contributed by atoms with Crippen molar-refractivity contribution < 1.29 is 9.59 Å². The molecule has 0 bridgehead atoms. The third-order valence-corrected chi connectivity index (χ3v) is 6.90. The number of nitrogens with one attached hydrogen (secondary N) is 2. The van der Waals surface area contributed by atoms with E-state index in [0.29, 0.717) is 35.2 Å². The molecule has 1 saturated heterocycles. The van der Waals surface area contributed by atoms with Gasteiger partial charge in [0.2, 0.25) is 5.91 Å². The fourth-order valence-corrected chi connectivity index (χ4v) is 4.89. The van der Waals surface area contributed by atoms with Crippen LogP contribution in [0.3, 0.4) is 0 Å². The summed E-state index contributed by atoms with van der Waals surface area (Å²) in [6.45, 7) is 9.40. The van der Waals surface area contributed by atoms with Crippen molar-refractivity contribution in [3.63, 3.8) is 0 Å². The molecule has 0 aliphatic carbocycles. The van der Waals surface area contributed by atoms with Gasteiger partial charge in [0.15, 0.2) is 5.84 Å². The highest BCUT2D eigenvalue weighted by Gasteiger charge is 2.40. The van der Waals surface area contributed by atoms with Crippen molar-refractivity contribution in [2.75, 3.05) is 13.1 Å². The maximum Gasteiger partial charge on any atom is 0.251 e. The van der Waals surface area contributed by atoms with E-state index in [2.05, 4.69) is 41.5 Å². The highest BCUT2D eigenvalue weighted by molar-refractivity contribution is 6.30. The quantitative estimate of drug-likeness (QED) is 0.175. The van der Waals surface area contributed by atoms with Gasteiger partial charge in [-0.1, -0.05) is 63.6 Å². The van der Waals surface area contributed by atoms with Crippen LogP contribution in [0.1, 0.15) is 61.5 Å². The van der Waals surface area contributed by atoms with E-state index in [1.807, 2.05) is 30.9 Å².